The number of methoxy groups -OCH3 is 1. The van der Waals surface area contributed by atoms with Gasteiger partial charge in [0.15, 0.2) is 0 Å². The molecule has 1 heterocycles. The third-order valence-corrected chi connectivity index (χ3v) is 7.90. The van der Waals surface area contributed by atoms with Gasteiger partial charge in [-0.3, -0.25) is 14.5 Å². The van der Waals surface area contributed by atoms with Crippen LogP contribution >= 0.6 is 0 Å². The molecule has 1 unspecified atom stereocenters. The molecule has 1 saturated heterocycles. The number of carboxylic acids is 1. The fraction of sp³-hybridized carbons (Fsp3) is 0.483. The van der Waals surface area contributed by atoms with E-state index < -0.39 is 5.97 Å². The minimum Gasteiger partial charge on any atom is -0.495 e. The number of anilines is 2. The predicted molar refractivity (Wildman–Crippen MR) is 146 cm³/mol. The number of likely N-dealkylation sites (tertiary alicyclic amines) is 1. The summed E-state index contributed by atoms with van der Waals surface area (Å²) in [6, 6.07) is 12.8. The minimum atomic E-state index is -0.702. The van der Waals surface area contributed by atoms with E-state index in [1.807, 2.05) is 42.2 Å². The number of hydrogen-bond donors (Lipinski definition) is 3. The highest BCUT2D eigenvalue weighted by Gasteiger charge is 2.36. The van der Waals surface area contributed by atoms with Crippen LogP contribution in [0.3, 0.4) is 0 Å². The SMILES string of the molecule is COc1cc(CC(=O)N2CCCC2N(C)[C@H]2CC[C@@H](C(=O)O)CC2)ccc1NC(=O)Nc1ccccc1C. The molecule has 3 amide bonds. The van der Waals surface area contributed by atoms with Gasteiger partial charge in [0, 0.05) is 18.3 Å². The molecule has 204 valence electrons. The summed E-state index contributed by atoms with van der Waals surface area (Å²) in [7, 11) is 3.60. The molecule has 0 bridgehead atoms. The first-order chi connectivity index (χ1) is 18.3. The smallest absolute Gasteiger partial charge is 0.323 e. The highest BCUT2D eigenvalue weighted by molar-refractivity contribution is 6.01. The van der Waals surface area contributed by atoms with Gasteiger partial charge in [-0.2, -0.15) is 0 Å². The van der Waals surface area contributed by atoms with E-state index in [1.165, 1.54) is 7.11 Å². The standard InChI is InChI=1S/C29H38N4O5/c1-19-7-4-5-8-23(19)30-29(37)31-24-15-10-20(17-25(24)38-3)18-27(34)33-16-6-9-26(33)32(2)22-13-11-21(12-14-22)28(35)36/h4-5,7-8,10,15,17,21-22,26H,6,9,11-14,16,18H2,1-3H3,(H,35,36)(H2,30,31,37)/t21-,22+,26?. The van der Waals surface area contributed by atoms with Crippen molar-refractivity contribution < 1.29 is 24.2 Å². The summed E-state index contributed by atoms with van der Waals surface area (Å²) in [6.07, 6.45) is 5.20. The van der Waals surface area contributed by atoms with Gasteiger partial charge in [0.2, 0.25) is 5.91 Å². The number of ether oxygens (including phenoxy) is 1. The number of para-hydroxylation sites is 1. The summed E-state index contributed by atoms with van der Waals surface area (Å²) in [5.74, 6) is -0.409. The summed E-state index contributed by atoms with van der Waals surface area (Å²) < 4.78 is 5.51. The largest absolute Gasteiger partial charge is 0.495 e. The Hall–Kier alpha value is -3.59. The number of urea groups is 1. The van der Waals surface area contributed by atoms with E-state index in [2.05, 4.69) is 22.6 Å². The van der Waals surface area contributed by atoms with Crippen molar-refractivity contribution in [2.24, 2.45) is 5.92 Å². The average molecular weight is 523 g/mol. The van der Waals surface area contributed by atoms with Crippen LogP contribution in [0.1, 0.15) is 49.7 Å². The zero-order valence-electron chi connectivity index (χ0n) is 22.4. The normalized spacial score (nSPS) is 21.3. The highest BCUT2D eigenvalue weighted by Crippen LogP contribution is 2.32. The van der Waals surface area contributed by atoms with Gasteiger partial charge in [-0.25, -0.2) is 4.79 Å². The van der Waals surface area contributed by atoms with E-state index in [1.54, 1.807) is 12.1 Å². The number of rotatable bonds is 8. The summed E-state index contributed by atoms with van der Waals surface area (Å²) in [5, 5.41) is 15.0. The molecule has 1 saturated carbocycles. The fourth-order valence-electron chi connectivity index (χ4n) is 5.65. The van der Waals surface area contributed by atoms with Crippen LogP contribution in [0, 0.1) is 12.8 Å². The van der Waals surface area contributed by atoms with E-state index in [-0.39, 0.29) is 30.4 Å². The Labute approximate surface area is 224 Å². The summed E-state index contributed by atoms with van der Waals surface area (Å²) in [5.41, 5.74) is 3.02. The minimum absolute atomic E-state index is 0.0295. The molecule has 1 aliphatic carbocycles. The Morgan fingerprint density at radius 1 is 1.03 bits per heavy atom. The maximum Gasteiger partial charge on any atom is 0.323 e. The van der Waals surface area contributed by atoms with Crippen LogP contribution in [0.25, 0.3) is 0 Å². The molecular formula is C29H38N4O5. The molecule has 2 aliphatic rings. The van der Waals surface area contributed by atoms with Gasteiger partial charge >= 0.3 is 12.0 Å². The van der Waals surface area contributed by atoms with Crippen LogP contribution in [-0.4, -0.2) is 65.7 Å². The average Bonchev–Trinajstić information content (AvgIpc) is 3.41. The Morgan fingerprint density at radius 3 is 2.42 bits per heavy atom. The molecule has 4 rings (SSSR count). The third kappa shape index (κ3) is 6.45. The number of aryl methyl sites for hydroxylation is 1. The van der Waals surface area contributed by atoms with E-state index >= 15 is 0 Å². The van der Waals surface area contributed by atoms with Crippen LogP contribution < -0.4 is 15.4 Å². The van der Waals surface area contributed by atoms with E-state index in [0.29, 0.717) is 36.9 Å². The molecule has 2 aromatic carbocycles. The quantitative estimate of drug-likeness (QED) is 0.463. The topological polar surface area (TPSA) is 111 Å². The van der Waals surface area contributed by atoms with E-state index in [0.717, 1.165) is 42.5 Å². The van der Waals surface area contributed by atoms with Crippen molar-refractivity contribution in [1.82, 2.24) is 9.80 Å². The van der Waals surface area contributed by atoms with Gasteiger partial charge in [0.05, 0.1) is 31.3 Å². The van der Waals surface area contributed by atoms with Crippen molar-refractivity contribution in [2.75, 3.05) is 31.3 Å². The number of benzene rings is 2. The van der Waals surface area contributed by atoms with Crippen molar-refractivity contribution >= 4 is 29.3 Å². The zero-order valence-corrected chi connectivity index (χ0v) is 22.4. The molecule has 1 aliphatic heterocycles. The summed E-state index contributed by atoms with van der Waals surface area (Å²) >= 11 is 0. The first-order valence-corrected chi connectivity index (χ1v) is 13.3. The number of nitrogens with one attached hydrogen (secondary N) is 2. The number of aliphatic carboxylic acids is 1. The van der Waals surface area contributed by atoms with Gasteiger partial charge < -0.3 is 25.4 Å². The summed E-state index contributed by atoms with van der Waals surface area (Å²) in [6.45, 7) is 2.64. The second-order valence-electron chi connectivity index (χ2n) is 10.3. The zero-order chi connectivity index (χ0) is 27.2. The molecule has 2 aromatic rings. The van der Waals surface area contributed by atoms with Crippen LogP contribution in [0.2, 0.25) is 0 Å². The first-order valence-electron chi connectivity index (χ1n) is 13.3. The second kappa shape index (κ2) is 12.3. The Bertz CT molecular complexity index is 1160. The highest BCUT2D eigenvalue weighted by atomic mass is 16.5. The van der Waals surface area contributed by atoms with E-state index in [9.17, 15) is 19.5 Å². The van der Waals surface area contributed by atoms with Crippen LogP contribution in [-0.2, 0) is 16.0 Å². The Kier molecular flexibility index (Phi) is 8.89. The molecule has 0 radical (unpaired) electrons. The van der Waals surface area contributed by atoms with Gasteiger partial charge in [0.1, 0.15) is 5.75 Å². The third-order valence-electron chi connectivity index (χ3n) is 7.90. The van der Waals surface area contributed by atoms with Crippen molar-refractivity contribution in [3.63, 3.8) is 0 Å². The van der Waals surface area contributed by atoms with Crippen molar-refractivity contribution in [3.8, 4) is 5.75 Å². The number of hydrogen-bond acceptors (Lipinski definition) is 5. The van der Waals surface area contributed by atoms with Crippen molar-refractivity contribution in [1.29, 1.82) is 0 Å². The van der Waals surface area contributed by atoms with Gasteiger partial charge in [-0.15, -0.1) is 0 Å². The maximum atomic E-state index is 13.4. The predicted octanol–water partition coefficient (Wildman–Crippen LogP) is 4.71. The molecule has 1 atom stereocenters. The van der Waals surface area contributed by atoms with E-state index in [4.69, 9.17) is 4.74 Å². The second-order valence-corrected chi connectivity index (χ2v) is 10.3. The van der Waals surface area contributed by atoms with Gasteiger partial charge in [-0.05, 0) is 81.8 Å². The molecule has 2 fully saturated rings. The van der Waals surface area contributed by atoms with Gasteiger partial charge in [-0.1, -0.05) is 24.3 Å². The van der Waals surface area contributed by atoms with Crippen LogP contribution in [0.5, 0.6) is 5.75 Å². The monoisotopic (exact) mass is 522 g/mol. The lowest BCUT2D eigenvalue weighted by Crippen LogP contribution is -2.51. The number of amides is 3. The lowest BCUT2D eigenvalue weighted by molar-refractivity contribution is -0.143. The van der Waals surface area contributed by atoms with Crippen LogP contribution in [0.15, 0.2) is 42.5 Å². The Morgan fingerprint density at radius 2 is 1.74 bits per heavy atom. The number of carbonyl (C=O) groups is 3. The lowest BCUT2D eigenvalue weighted by Gasteiger charge is -2.40. The summed E-state index contributed by atoms with van der Waals surface area (Å²) in [4.78, 5) is 41.4. The number of carbonyl (C=O) groups excluding carboxylic acids is 2. The molecule has 0 spiro atoms. The molecule has 38 heavy (non-hydrogen) atoms. The van der Waals surface area contributed by atoms with Crippen molar-refractivity contribution in [3.05, 3.63) is 53.6 Å². The van der Waals surface area contributed by atoms with Crippen molar-refractivity contribution in [2.45, 2.75) is 64.1 Å². The Balaban J connectivity index is 1.36. The van der Waals surface area contributed by atoms with Crippen LogP contribution in [0.4, 0.5) is 16.2 Å². The number of nitrogens with zero attached hydrogens (tertiary/aromatic N) is 2. The molecule has 3 N–H and O–H groups in total. The molecule has 0 aromatic heterocycles. The lowest BCUT2D eigenvalue weighted by atomic mass is 9.85. The molecular weight excluding hydrogens is 484 g/mol. The number of carboxylic acid groups (broad SMARTS) is 1. The molecule has 9 heteroatoms. The first kappa shape index (κ1) is 27.4. The van der Waals surface area contributed by atoms with Gasteiger partial charge in [0.25, 0.3) is 0 Å². The molecule has 9 nitrogen and oxygen atoms in total. The fourth-order valence-corrected chi connectivity index (χ4v) is 5.65. The maximum absolute atomic E-state index is 13.4.